The van der Waals surface area contributed by atoms with Gasteiger partial charge >= 0.3 is 0 Å². The number of anilines is 3. The maximum atomic E-state index is 9.14. The van der Waals surface area contributed by atoms with Crippen LogP contribution in [-0.4, -0.2) is 77.3 Å². The molecule has 0 radical (unpaired) electrons. The number of morpholine rings is 1. The summed E-state index contributed by atoms with van der Waals surface area (Å²) >= 11 is 0. The summed E-state index contributed by atoms with van der Waals surface area (Å²) in [5, 5.41) is 24.2. The smallest absolute Gasteiger partial charge is 0.232 e. The van der Waals surface area contributed by atoms with Gasteiger partial charge in [-0.3, -0.25) is 0 Å². The molecular formula is C12H22N6O3. The summed E-state index contributed by atoms with van der Waals surface area (Å²) in [6, 6.07) is -0.501. The average Bonchev–Trinajstić information content (AvgIpc) is 2.53. The van der Waals surface area contributed by atoms with Gasteiger partial charge in [-0.05, 0) is 6.92 Å². The number of hydrogen-bond donors (Lipinski definition) is 4. The zero-order valence-corrected chi connectivity index (χ0v) is 12.1. The molecule has 1 saturated heterocycles. The molecule has 0 atom stereocenters. The SMILES string of the molecule is CCNc1nc(NC(CO)CO)nc(N2CCOCC2)n1. The first-order valence-corrected chi connectivity index (χ1v) is 7.07. The normalized spacial score (nSPS) is 15.3. The summed E-state index contributed by atoms with van der Waals surface area (Å²) < 4.78 is 5.32. The highest BCUT2D eigenvalue weighted by molar-refractivity contribution is 5.44. The number of hydrogen-bond acceptors (Lipinski definition) is 9. The Labute approximate surface area is 123 Å². The third kappa shape index (κ3) is 4.38. The van der Waals surface area contributed by atoms with E-state index in [1.165, 1.54) is 0 Å². The Morgan fingerprint density at radius 1 is 1.14 bits per heavy atom. The van der Waals surface area contributed by atoms with Gasteiger partial charge < -0.3 is 30.5 Å². The molecule has 0 unspecified atom stereocenters. The molecule has 2 heterocycles. The zero-order chi connectivity index (χ0) is 15.1. The second-order valence-corrected chi connectivity index (χ2v) is 4.62. The van der Waals surface area contributed by atoms with E-state index >= 15 is 0 Å². The third-order valence-corrected chi connectivity index (χ3v) is 3.03. The molecule has 1 aliphatic rings. The fourth-order valence-corrected chi connectivity index (χ4v) is 1.90. The van der Waals surface area contributed by atoms with Crippen LogP contribution in [0.4, 0.5) is 17.8 Å². The van der Waals surface area contributed by atoms with Crippen molar-refractivity contribution in [2.24, 2.45) is 0 Å². The van der Waals surface area contributed by atoms with Crippen molar-refractivity contribution in [1.82, 2.24) is 15.0 Å². The van der Waals surface area contributed by atoms with E-state index in [2.05, 4.69) is 25.6 Å². The second-order valence-electron chi connectivity index (χ2n) is 4.62. The quantitative estimate of drug-likeness (QED) is 0.498. The molecule has 4 N–H and O–H groups in total. The minimum Gasteiger partial charge on any atom is -0.394 e. The zero-order valence-electron chi connectivity index (χ0n) is 12.1. The summed E-state index contributed by atoms with van der Waals surface area (Å²) in [6.07, 6.45) is 0. The van der Waals surface area contributed by atoms with Crippen LogP contribution in [0.15, 0.2) is 0 Å². The maximum Gasteiger partial charge on any atom is 0.232 e. The van der Waals surface area contributed by atoms with Crippen LogP contribution >= 0.6 is 0 Å². The fourth-order valence-electron chi connectivity index (χ4n) is 1.90. The number of aromatic nitrogens is 3. The highest BCUT2D eigenvalue weighted by Gasteiger charge is 2.17. The summed E-state index contributed by atoms with van der Waals surface area (Å²) in [6.45, 7) is 4.96. The summed E-state index contributed by atoms with van der Waals surface area (Å²) in [5.41, 5.74) is 0. The lowest BCUT2D eigenvalue weighted by Crippen LogP contribution is -2.38. The van der Waals surface area contributed by atoms with Gasteiger partial charge in [0, 0.05) is 19.6 Å². The van der Waals surface area contributed by atoms with E-state index in [0.29, 0.717) is 37.6 Å². The Hall–Kier alpha value is -1.71. The number of nitrogens with one attached hydrogen (secondary N) is 2. The van der Waals surface area contributed by atoms with Crippen LogP contribution in [0, 0.1) is 0 Å². The molecule has 9 heteroatoms. The van der Waals surface area contributed by atoms with Gasteiger partial charge in [0.1, 0.15) is 0 Å². The van der Waals surface area contributed by atoms with Gasteiger partial charge in [0.15, 0.2) is 0 Å². The lowest BCUT2D eigenvalue weighted by molar-refractivity contribution is 0.122. The van der Waals surface area contributed by atoms with Crippen molar-refractivity contribution in [2.45, 2.75) is 13.0 Å². The van der Waals surface area contributed by atoms with Crippen LogP contribution in [0.5, 0.6) is 0 Å². The maximum absolute atomic E-state index is 9.14. The van der Waals surface area contributed by atoms with Crippen molar-refractivity contribution >= 4 is 17.8 Å². The highest BCUT2D eigenvalue weighted by Crippen LogP contribution is 2.15. The number of rotatable bonds is 7. The van der Waals surface area contributed by atoms with Crippen LogP contribution in [0.3, 0.4) is 0 Å². The largest absolute Gasteiger partial charge is 0.394 e. The Morgan fingerprint density at radius 3 is 2.43 bits per heavy atom. The minimum atomic E-state index is -0.501. The van der Waals surface area contributed by atoms with E-state index in [9.17, 15) is 0 Å². The van der Waals surface area contributed by atoms with E-state index in [0.717, 1.165) is 13.1 Å². The lowest BCUT2D eigenvalue weighted by atomic mass is 10.3. The predicted octanol–water partition coefficient (Wildman–Crippen LogP) is -1.09. The molecular weight excluding hydrogens is 276 g/mol. The fraction of sp³-hybridized carbons (Fsp3) is 0.750. The molecule has 0 bridgehead atoms. The van der Waals surface area contributed by atoms with Crippen molar-refractivity contribution in [3.05, 3.63) is 0 Å². The Bertz CT molecular complexity index is 437. The number of nitrogens with zero attached hydrogens (tertiary/aromatic N) is 4. The van der Waals surface area contributed by atoms with Gasteiger partial charge in [-0.2, -0.15) is 15.0 Å². The summed E-state index contributed by atoms with van der Waals surface area (Å²) in [7, 11) is 0. The van der Waals surface area contributed by atoms with E-state index in [1.807, 2.05) is 11.8 Å². The second kappa shape index (κ2) is 7.91. The first-order valence-electron chi connectivity index (χ1n) is 7.07. The minimum absolute atomic E-state index is 0.203. The van der Waals surface area contributed by atoms with Crippen molar-refractivity contribution < 1.29 is 14.9 Å². The van der Waals surface area contributed by atoms with Gasteiger partial charge in [0.25, 0.3) is 0 Å². The van der Waals surface area contributed by atoms with Gasteiger partial charge in [-0.1, -0.05) is 0 Å². The lowest BCUT2D eigenvalue weighted by Gasteiger charge is -2.27. The monoisotopic (exact) mass is 298 g/mol. The number of ether oxygens (including phenoxy) is 1. The summed E-state index contributed by atoms with van der Waals surface area (Å²) in [5.74, 6) is 1.35. The number of aliphatic hydroxyl groups is 2. The van der Waals surface area contributed by atoms with Crippen molar-refractivity contribution in [3.63, 3.8) is 0 Å². The van der Waals surface area contributed by atoms with E-state index in [4.69, 9.17) is 14.9 Å². The molecule has 1 aromatic heterocycles. The summed E-state index contributed by atoms with van der Waals surface area (Å²) in [4.78, 5) is 15.0. The highest BCUT2D eigenvalue weighted by atomic mass is 16.5. The third-order valence-electron chi connectivity index (χ3n) is 3.03. The van der Waals surface area contributed by atoms with Crippen LogP contribution in [0.25, 0.3) is 0 Å². The van der Waals surface area contributed by atoms with Crippen molar-refractivity contribution in [3.8, 4) is 0 Å². The molecule has 21 heavy (non-hydrogen) atoms. The van der Waals surface area contributed by atoms with Gasteiger partial charge in [-0.15, -0.1) is 0 Å². The molecule has 0 amide bonds. The molecule has 0 saturated carbocycles. The van der Waals surface area contributed by atoms with E-state index in [1.54, 1.807) is 0 Å². The first-order chi connectivity index (χ1) is 10.3. The van der Waals surface area contributed by atoms with E-state index < -0.39 is 6.04 Å². The molecule has 118 valence electrons. The topological polar surface area (TPSA) is 116 Å². The molecule has 0 aliphatic carbocycles. The molecule has 9 nitrogen and oxygen atoms in total. The van der Waals surface area contributed by atoms with Crippen LogP contribution in [-0.2, 0) is 4.74 Å². The molecule has 0 aromatic carbocycles. The van der Waals surface area contributed by atoms with Gasteiger partial charge in [-0.25, -0.2) is 0 Å². The molecule has 0 spiro atoms. The van der Waals surface area contributed by atoms with Gasteiger partial charge in [0.2, 0.25) is 17.8 Å². The average molecular weight is 298 g/mol. The first kappa shape index (κ1) is 15.7. The van der Waals surface area contributed by atoms with E-state index in [-0.39, 0.29) is 13.2 Å². The molecule has 1 aliphatic heterocycles. The predicted molar refractivity (Wildman–Crippen MR) is 78.6 cm³/mol. The Kier molecular flexibility index (Phi) is 5.90. The number of aliphatic hydroxyl groups excluding tert-OH is 2. The molecule has 2 rings (SSSR count). The van der Waals surface area contributed by atoms with Crippen LogP contribution in [0.2, 0.25) is 0 Å². The van der Waals surface area contributed by atoms with Gasteiger partial charge in [0.05, 0.1) is 32.5 Å². The van der Waals surface area contributed by atoms with Crippen molar-refractivity contribution in [2.75, 3.05) is 61.6 Å². The van der Waals surface area contributed by atoms with Crippen LogP contribution in [0.1, 0.15) is 6.92 Å². The van der Waals surface area contributed by atoms with Crippen molar-refractivity contribution in [1.29, 1.82) is 0 Å². The van der Waals surface area contributed by atoms with Crippen LogP contribution < -0.4 is 15.5 Å². The Balaban J connectivity index is 2.20. The standard InChI is InChI=1S/C12H22N6O3/c1-2-13-10-15-11(14-9(7-19)8-20)17-12(16-10)18-3-5-21-6-4-18/h9,19-20H,2-8H2,1H3,(H2,13,14,15,16,17). The Morgan fingerprint density at radius 2 is 1.81 bits per heavy atom. The molecule has 1 aromatic rings. The molecule has 1 fully saturated rings.